The van der Waals surface area contributed by atoms with Gasteiger partial charge in [-0.3, -0.25) is 0 Å². The maximum atomic E-state index is 12.4. The third kappa shape index (κ3) is 6.81. The average Bonchev–Trinajstić information content (AvgIpc) is 2.39. The van der Waals surface area contributed by atoms with Crippen LogP contribution in [0.15, 0.2) is 24.3 Å². The molecule has 1 aliphatic rings. The molecule has 1 fully saturated rings. The number of benzene rings is 1. The highest BCUT2D eigenvalue weighted by Crippen LogP contribution is 2.27. The number of carbonyl (C=O) groups excluding carboxylic acids is 1. The van der Waals surface area contributed by atoms with Gasteiger partial charge in [-0.25, -0.2) is 4.79 Å². The lowest BCUT2D eigenvalue weighted by molar-refractivity contribution is -0.274. The lowest BCUT2D eigenvalue weighted by Gasteiger charge is -2.36. The molecule has 0 bridgehead atoms. The zero-order valence-electron chi connectivity index (χ0n) is 14.4. The van der Waals surface area contributed by atoms with E-state index < -0.39 is 18.1 Å². The first-order chi connectivity index (χ1) is 11.5. The van der Waals surface area contributed by atoms with Gasteiger partial charge in [0.25, 0.3) is 0 Å². The number of alkyl carbamates (subject to hydrolysis) is 1. The number of hydrogen-bond donors (Lipinski definition) is 2. The van der Waals surface area contributed by atoms with E-state index in [1.54, 1.807) is 32.9 Å². The summed E-state index contributed by atoms with van der Waals surface area (Å²) in [6, 6.07) is 6.16. The molecule has 2 rings (SSSR count). The van der Waals surface area contributed by atoms with Crippen molar-refractivity contribution in [1.29, 1.82) is 0 Å². The van der Waals surface area contributed by atoms with Crippen LogP contribution in [0.3, 0.4) is 0 Å². The molecule has 2 N–H and O–H groups in total. The van der Waals surface area contributed by atoms with Crippen LogP contribution in [0.2, 0.25) is 0 Å². The molecule has 0 aliphatic heterocycles. The molecule has 1 aromatic rings. The van der Waals surface area contributed by atoms with Crippen LogP contribution in [-0.4, -0.2) is 30.1 Å². The molecule has 140 valence electrons. The first-order valence-corrected chi connectivity index (χ1v) is 8.08. The van der Waals surface area contributed by atoms with Crippen molar-refractivity contribution in [2.75, 3.05) is 0 Å². The van der Waals surface area contributed by atoms with Gasteiger partial charge in [-0.1, -0.05) is 18.2 Å². The van der Waals surface area contributed by atoms with Crippen molar-refractivity contribution in [2.45, 2.75) is 64.2 Å². The molecule has 5 nitrogen and oxygen atoms in total. The highest BCUT2D eigenvalue weighted by atomic mass is 19.4. The fourth-order valence-electron chi connectivity index (χ4n) is 2.51. The number of hydrogen-bond acceptors (Lipinski definition) is 4. The number of alkyl halides is 3. The molecule has 1 saturated carbocycles. The third-order valence-corrected chi connectivity index (χ3v) is 3.64. The van der Waals surface area contributed by atoms with Crippen molar-refractivity contribution in [3.63, 3.8) is 0 Å². The average molecular weight is 360 g/mol. The Bertz CT molecular complexity index is 594. The van der Waals surface area contributed by atoms with Crippen molar-refractivity contribution in [3.8, 4) is 5.75 Å². The minimum Gasteiger partial charge on any atom is -0.444 e. The first-order valence-electron chi connectivity index (χ1n) is 8.08. The molecule has 1 amide bonds. The molecular weight excluding hydrogens is 337 g/mol. The molecule has 1 aromatic carbocycles. The monoisotopic (exact) mass is 360 g/mol. The van der Waals surface area contributed by atoms with Crippen LogP contribution in [0.25, 0.3) is 0 Å². The van der Waals surface area contributed by atoms with Crippen LogP contribution in [0.1, 0.15) is 39.2 Å². The molecule has 0 heterocycles. The van der Waals surface area contributed by atoms with Crippen molar-refractivity contribution in [2.24, 2.45) is 0 Å². The minimum absolute atomic E-state index is 0.00835. The van der Waals surface area contributed by atoms with Crippen LogP contribution in [-0.2, 0) is 11.3 Å². The van der Waals surface area contributed by atoms with Crippen molar-refractivity contribution in [1.82, 2.24) is 10.6 Å². The minimum atomic E-state index is -4.71. The van der Waals surface area contributed by atoms with E-state index in [-0.39, 0.29) is 24.4 Å². The number of rotatable bonds is 5. The van der Waals surface area contributed by atoms with Gasteiger partial charge in [-0.2, -0.15) is 0 Å². The van der Waals surface area contributed by atoms with Crippen molar-refractivity contribution >= 4 is 6.09 Å². The Hall–Kier alpha value is -1.96. The second kappa shape index (κ2) is 7.51. The molecule has 0 spiro atoms. The Morgan fingerprint density at radius 3 is 2.40 bits per heavy atom. The number of carbonyl (C=O) groups is 1. The number of ether oxygens (including phenoxy) is 2. The van der Waals surface area contributed by atoms with Crippen LogP contribution in [0.4, 0.5) is 18.0 Å². The van der Waals surface area contributed by atoms with Crippen molar-refractivity contribution in [3.05, 3.63) is 29.8 Å². The fraction of sp³-hybridized carbons (Fsp3) is 0.588. The molecular formula is C17H23F3N2O3. The summed E-state index contributed by atoms with van der Waals surface area (Å²) in [6.07, 6.45) is -3.78. The highest BCUT2D eigenvalue weighted by Gasteiger charge is 2.33. The topological polar surface area (TPSA) is 59.6 Å². The van der Waals surface area contributed by atoms with E-state index in [1.807, 2.05) is 0 Å². The van der Waals surface area contributed by atoms with Gasteiger partial charge in [0.15, 0.2) is 0 Å². The van der Waals surface area contributed by atoms with Gasteiger partial charge in [0.05, 0.1) is 0 Å². The predicted octanol–water partition coefficient (Wildman–Crippen LogP) is 3.73. The van der Waals surface area contributed by atoms with Crippen LogP contribution >= 0.6 is 0 Å². The lowest BCUT2D eigenvalue weighted by atomic mass is 9.86. The van der Waals surface area contributed by atoms with E-state index in [0.717, 1.165) is 0 Å². The number of nitrogens with one attached hydrogen (secondary N) is 2. The molecule has 0 atom stereocenters. The van der Waals surface area contributed by atoms with Gasteiger partial charge in [0.1, 0.15) is 11.4 Å². The largest absolute Gasteiger partial charge is 0.573 e. The van der Waals surface area contributed by atoms with Crippen LogP contribution in [0.5, 0.6) is 5.75 Å². The molecule has 0 saturated heterocycles. The predicted molar refractivity (Wildman–Crippen MR) is 86.1 cm³/mol. The van der Waals surface area contributed by atoms with Gasteiger partial charge >= 0.3 is 12.5 Å². The molecule has 8 heteroatoms. The molecule has 25 heavy (non-hydrogen) atoms. The Kier molecular flexibility index (Phi) is 5.82. The number of halogens is 3. The summed E-state index contributed by atoms with van der Waals surface area (Å²) in [5.41, 5.74) is -0.114. The Morgan fingerprint density at radius 2 is 1.80 bits per heavy atom. The standard InChI is InChI=1S/C17H23F3N2O3/c1-16(2,3)25-15(23)22-13-8-12(9-13)21-10-11-6-4-5-7-14(11)24-17(18,19)20/h4-7,12-13,21H,8-10H2,1-3H3,(H,22,23). The summed E-state index contributed by atoms with van der Waals surface area (Å²) >= 11 is 0. The quantitative estimate of drug-likeness (QED) is 0.840. The smallest absolute Gasteiger partial charge is 0.444 e. The zero-order valence-corrected chi connectivity index (χ0v) is 14.4. The molecule has 0 unspecified atom stereocenters. The second-order valence-electron chi connectivity index (χ2n) is 7.05. The lowest BCUT2D eigenvalue weighted by Crippen LogP contribution is -2.53. The van der Waals surface area contributed by atoms with Gasteiger partial charge in [0, 0.05) is 24.2 Å². The van der Waals surface area contributed by atoms with E-state index >= 15 is 0 Å². The second-order valence-corrected chi connectivity index (χ2v) is 7.05. The normalized spacial score (nSPS) is 20.6. The maximum Gasteiger partial charge on any atom is 0.573 e. The number of para-hydroxylation sites is 1. The van der Waals surface area contributed by atoms with Gasteiger partial charge in [-0.05, 0) is 39.7 Å². The maximum absolute atomic E-state index is 12.4. The summed E-state index contributed by atoms with van der Waals surface area (Å²) in [4.78, 5) is 11.6. The first kappa shape index (κ1) is 19.4. The Morgan fingerprint density at radius 1 is 1.16 bits per heavy atom. The zero-order chi connectivity index (χ0) is 18.7. The summed E-state index contributed by atoms with van der Waals surface area (Å²) in [5, 5.41) is 5.94. The highest BCUT2D eigenvalue weighted by molar-refractivity contribution is 5.68. The van der Waals surface area contributed by atoms with E-state index in [2.05, 4.69) is 15.4 Å². The van der Waals surface area contributed by atoms with Gasteiger partial charge in [0.2, 0.25) is 0 Å². The van der Waals surface area contributed by atoms with Crippen LogP contribution < -0.4 is 15.4 Å². The van der Waals surface area contributed by atoms with E-state index in [1.165, 1.54) is 12.1 Å². The summed E-state index contributed by atoms with van der Waals surface area (Å²) in [6.45, 7) is 5.63. The Balaban J connectivity index is 1.75. The van der Waals surface area contributed by atoms with E-state index in [0.29, 0.717) is 18.4 Å². The third-order valence-electron chi connectivity index (χ3n) is 3.64. The molecule has 1 aliphatic carbocycles. The molecule has 0 radical (unpaired) electrons. The SMILES string of the molecule is CC(C)(C)OC(=O)NC1CC(NCc2ccccc2OC(F)(F)F)C1. The van der Waals surface area contributed by atoms with Gasteiger partial charge in [-0.15, -0.1) is 13.2 Å². The van der Waals surface area contributed by atoms with Crippen molar-refractivity contribution < 1.29 is 27.4 Å². The van der Waals surface area contributed by atoms with E-state index in [9.17, 15) is 18.0 Å². The van der Waals surface area contributed by atoms with Gasteiger partial charge < -0.3 is 20.1 Å². The molecule has 0 aromatic heterocycles. The van der Waals surface area contributed by atoms with Crippen LogP contribution in [0, 0.1) is 0 Å². The summed E-state index contributed by atoms with van der Waals surface area (Å²) < 4.78 is 46.4. The fourth-order valence-corrected chi connectivity index (χ4v) is 2.51. The number of amides is 1. The summed E-state index contributed by atoms with van der Waals surface area (Å²) in [5.74, 6) is -0.203. The van der Waals surface area contributed by atoms with E-state index in [4.69, 9.17) is 4.74 Å². The summed E-state index contributed by atoms with van der Waals surface area (Å²) in [7, 11) is 0. The Labute approximate surface area is 144 Å².